The highest BCUT2D eigenvalue weighted by Gasteiger charge is 2.10. The number of benzene rings is 11. The first-order chi connectivity index (χ1) is 26.7. The van der Waals surface area contributed by atoms with Gasteiger partial charge in [-0.15, -0.1) is 0 Å². The number of hydrogen-bond donors (Lipinski definition) is 0. The number of hydrogen-bond acceptors (Lipinski definition) is 0. The molecule has 0 aliphatic carbocycles. The molecule has 0 unspecified atom stereocenters. The maximum Gasteiger partial charge on any atom is -0.0105 e. The predicted octanol–water partition coefficient (Wildman–Crippen LogP) is 15.3. The smallest absolute Gasteiger partial charge is 0.0105 e. The van der Waals surface area contributed by atoms with Crippen LogP contribution in [0.25, 0.3) is 109 Å². The van der Waals surface area contributed by atoms with Crippen LogP contribution in [0.4, 0.5) is 0 Å². The molecule has 0 saturated carbocycles. The minimum Gasteiger partial charge on any atom is -0.0616 e. The summed E-state index contributed by atoms with van der Waals surface area (Å²) in [5.74, 6) is 0. The highest BCUT2D eigenvalue weighted by Crippen LogP contribution is 2.37. The van der Waals surface area contributed by atoms with Gasteiger partial charge in [0.15, 0.2) is 0 Å². The van der Waals surface area contributed by atoms with Gasteiger partial charge < -0.3 is 0 Å². The second kappa shape index (κ2) is 12.3. The molecule has 0 fully saturated rings. The van der Waals surface area contributed by atoms with E-state index in [9.17, 15) is 0 Å². The average Bonchev–Trinajstić information content (AvgIpc) is 3.25. The summed E-state index contributed by atoms with van der Waals surface area (Å²) in [6.45, 7) is 0. The largest absolute Gasteiger partial charge is 0.0616 e. The average molecular weight is 683 g/mol. The summed E-state index contributed by atoms with van der Waals surface area (Å²) < 4.78 is 0. The second-order valence-corrected chi connectivity index (χ2v) is 14.5. The van der Waals surface area contributed by atoms with Gasteiger partial charge in [-0.05, 0) is 146 Å². The zero-order valence-corrected chi connectivity index (χ0v) is 29.6. The molecular formula is C54H34. The molecule has 0 nitrogen and oxygen atoms in total. The molecular weight excluding hydrogens is 649 g/mol. The molecule has 0 heterocycles. The van der Waals surface area contributed by atoms with E-state index in [1.54, 1.807) is 0 Å². The molecule has 0 amide bonds. The van der Waals surface area contributed by atoms with Crippen LogP contribution in [-0.4, -0.2) is 0 Å². The standard InChI is InChI=1S/C54H34/c1-2-9-37-29-39(16-15-35(37)7-1)41-22-26-52-46(32-41)19-20-48-34-43(24-28-54(48)52)42-23-27-53-47(33-42)18-17-45-31-40(21-25-51(45)53)38-11-5-12-44(30-38)50-14-6-10-36-8-3-4-13-49(36)50/h1-34H. The lowest BCUT2D eigenvalue weighted by Crippen LogP contribution is -1.86. The van der Waals surface area contributed by atoms with Gasteiger partial charge in [0.2, 0.25) is 0 Å². The van der Waals surface area contributed by atoms with Crippen LogP contribution in [0, 0.1) is 0 Å². The van der Waals surface area contributed by atoms with Crippen molar-refractivity contribution in [3.8, 4) is 44.5 Å². The zero-order chi connectivity index (χ0) is 35.6. The van der Waals surface area contributed by atoms with Crippen LogP contribution >= 0.6 is 0 Å². The highest BCUT2D eigenvalue weighted by atomic mass is 14.1. The van der Waals surface area contributed by atoms with E-state index < -0.39 is 0 Å². The van der Waals surface area contributed by atoms with Crippen molar-refractivity contribution in [2.24, 2.45) is 0 Å². The summed E-state index contributed by atoms with van der Waals surface area (Å²) in [6, 6.07) is 76.2. The van der Waals surface area contributed by atoms with E-state index in [1.807, 2.05) is 0 Å². The fourth-order valence-electron chi connectivity index (χ4n) is 8.57. The Morgan fingerprint density at radius 2 is 0.537 bits per heavy atom. The highest BCUT2D eigenvalue weighted by molar-refractivity contribution is 6.11. The van der Waals surface area contributed by atoms with E-state index in [-0.39, 0.29) is 0 Å². The molecule has 11 aromatic rings. The Balaban J connectivity index is 0.909. The van der Waals surface area contributed by atoms with Crippen LogP contribution in [0.15, 0.2) is 206 Å². The fourth-order valence-corrected chi connectivity index (χ4v) is 8.57. The summed E-state index contributed by atoms with van der Waals surface area (Å²) >= 11 is 0. The molecule has 11 aromatic carbocycles. The summed E-state index contributed by atoms with van der Waals surface area (Å²) in [4.78, 5) is 0. The first-order valence-electron chi connectivity index (χ1n) is 18.7. The van der Waals surface area contributed by atoms with Crippen LogP contribution in [0.2, 0.25) is 0 Å². The Kier molecular flexibility index (Phi) is 6.97. The van der Waals surface area contributed by atoms with E-state index in [1.165, 1.54) is 109 Å². The Morgan fingerprint density at radius 3 is 1.09 bits per heavy atom. The molecule has 0 spiro atoms. The van der Waals surface area contributed by atoms with E-state index in [0.29, 0.717) is 0 Å². The van der Waals surface area contributed by atoms with Crippen molar-refractivity contribution in [3.63, 3.8) is 0 Å². The van der Waals surface area contributed by atoms with E-state index in [0.717, 1.165) is 0 Å². The van der Waals surface area contributed by atoms with Gasteiger partial charge in [-0.25, -0.2) is 0 Å². The molecule has 0 radical (unpaired) electrons. The summed E-state index contributed by atoms with van der Waals surface area (Å²) in [7, 11) is 0. The monoisotopic (exact) mass is 682 g/mol. The summed E-state index contributed by atoms with van der Waals surface area (Å²) in [5, 5.41) is 15.2. The van der Waals surface area contributed by atoms with Crippen LogP contribution in [-0.2, 0) is 0 Å². The van der Waals surface area contributed by atoms with Crippen LogP contribution in [0.1, 0.15) is 0 Å². The molecule has 0 aliphatic rings. The van der Waals surface area contributed by atoms with Gasteiger partial charge in [-0.2, -0.15) is 0 Å². The lowest BCUT2D eigenvalue weighted by molar-refractivity contribution is 1.62. The normalized spacial score (nSPS) is 11.7. The summed E-state index contributed by atoms with van der Waals surface area (Å²) in [5.41, 5.74) is 9.93. The predicted molar refractivity (Wildman–Crippen MR) is 233 cm³/mol. The van der Waals surface area contributed by atoms with Crippen LogP contribution in [0.3, 0.4) is 0 Å². The third-order valence-electron chi connectivity index (χ3n) is 11.4. The van der Waals surface area contributed by atoms with Gasteiger partial charge in [-0.1, -0.05) is 170 Å². The van der Waals surface area contributed by atoms with Crippen molar-refractivity contribution < 1.29 is 0 Å². The van der Waals surface area contributed by atoms with Gasteiger partial charge in [0.1, 0.15) is 0 Å². The maximum atomic E-state index is 2.34. The maximum absolute atomic E-state index is 2.34. The zero-order valence-electron chi connectivity index (χ0n) is 29.6. The Morgan fingerprint density at radius 1 is 0.167 bits per heavy atom. The molecule has 0 saturated heterocycles. The Hall–Kier alpha value is -7.02. The third-order valence-corrected chi connectivity index (χ3v) is 11.4. The Bertz CT molecular complexity index is 3270. The van der Waals surface area contributed by atoms with E-state index >= 15 is 0 Å². The lowest BCUT2D eigenvalue weighted by Gasteiger charge is -2.12. The van der Waals surface area contributed by atoms with Gasteiger partial charge in [0.25, 0.3) is 0 Å². The Labute approximate surface area is 314 Å². The number of rotatable bonds is 4. The van der Waals surface area contributed by atoms with Crippen molar-refractivity contribution in [2.45, 2.75) is 0 Å². The molecule has 0 heteroatoms. The molecule has 250 valence electrons. The first kappa shape index (κ1) is 30.6. The van der Waals surface area contributed by atoms with Crippen molar-refractivity contribution in [2.75, 3.05) is 0 Å². The quantitative estimate of drug-likeness (QED) is 0.162. The summed E-state index contributed by atoms with van der Waals surface area (Å²) in [6.07, 6.45) is 0. The number of fused-ring (bicyclic) bond motifs is 8. The topological polar surface area (TPSA) is 0 Å². The van der Waals surface area contributed by atoms with Gasteiger partial charge in [0.05, 0.1) is 0 Å². The molecule has 0 aliphatic heterocycles. The molecule has 0 N–H and O–H groups in total. The minimum atomic E-state index is 1.23. The second-order valence-electron chi connectivity index (χ2n) is 14.5. The van der Waals surface area contributed by atoms with Crippen LogP contribution < -0.4 is 0 Å². The van der Waals surface area contributed by atoms with Crippen molar-refractivity contribution in [1.29, 1.82) is 0 Å². The minimum absolute atomic E-state index is 1.23. The lowest BCUT2D eigenvalue weighted by atomic mass is 9.92. The molecule has 0 aromatic heterocycles. The van der Waals surface area contributed by atoms with Crippen molar-refractivity contribution in [1.82, 2.24) is 0 Å². The molecule has 54 heavy (non-hydrogen) atoms. The van der Waals surface area contributed by atoms with E-state index in [4.69, 9.17) is 0 Å². The van der Waals surface area contributed by atoms with Gasteiger partial charge in [-0.3, -0.25) is 0 Å². The van der Waals surface area contributed by atoms with E-state index in [2.05, 4.69) is 206 Å². The van der Waals surface area contributed by atoms with Gasteiger partial charge in [0, 0.05) is 0 Å². The van der Waals surface area contributed by atoms with Crippen LogP contribution in [0.5, 0.6) is 0 Å². The van der Waals surface area contributed by atoms with Gasteiger partial charge >= 0.3 is 0 Å². The van der Waals surface area contributed by atoms with Crippen molar-refractivity contribution >= 4 is 64.6 Å². The molecule has 0 bridgehead atoms. The molecule has 11 rings (SSSR count). The molecule has 0 atom stereocenters. The third kappa shape index (κ3) is 5.15. The van der Waals surface area contributed by atoms with Crippen molar-refractivity contribution in [3.05, 3.63) is 206 Å². The fraction of sp³-hybridized carbons (Fsp3) is 0. The SMILES string of the molecule is c1cc(-c2ccc3c(ccc4cc(-c5ccc6c(ccc7cc(-c8ccc9ccccc9c8)ccc76)c5)ccc43)c2)cc(-c2cccc3ccccc23)c1. The first-order valence-corrected chi connectivity index (χ1v) is 18.7.